The number of hydrogen-bond donors (Lipinski definition) is 2. The molecule has 2 rings (SSSR count). The average Bonchev–Trinajstić information content (AvgIpc) is 3.08. The van der Waals surface area contributed by atoms with E-state index in [-0.39, 0.29) is 24.2 Å². The van der Waals surface area contributed by atoms with Crippen LogP contribution in [0.4, 0.5) is 5.69 Å². The van der Waals surface area contributed by atoms with Crippen molar-refractivity contribution in [2.45, 2.75) is 33.1 Å². The van der Waals surface area contributed by atoms with Crippen molar-refractivity contribution in [2.75, 3.05) is 31.5 Å². The van der Waals surface area contributed by atoms with E-state index in [0.717, 1.165) is 31.6 Å². The Morgan fingerprint density at radius 1 is 1.21 bits per heavy atom. The van der Waals surface area contributed by atoms with Crippen molar-refractivity contribution in [2.24, 2.45) is 5.92 Å². The molecule has 1 heterocycles. The van der Waals surface area contributed by atoms with Gasteiger partial charge in [-0.25, -0.2) is 0 Å². The van der Waals surface area contributed by atoms with Gasteiger partial charge in [-0.3, -0.25) is 9.59 Å². The Bertz CT molecular complexity index is 524. The standard InChI is InChI=1S/C18H27N3O2.ClH/c1-3-21(4-2)18(23)15-6-8-16(9-7-15)20-17(22)10-5-14-11-12-19-13-14;/h6-9,14,19H,3-5,10-13H2,1-2H3,(H,20,22);1H. The zero-order valence-corrected chi connectivity index (χ0v) is 15.3. The molecule has 0 aliphatic carbocycles. The van der Waals surface area contributed by atoms with Crippen molar-refractivity contribution in [3.63, 3.8) is 0 Å². The Hall–Kier alpha value is -1.59. The largest absolute Gasteiger partial charge is 0.339 e. The van der Waals surface area contributed by atoms with Crippen LogP contribution in [-0.2, 0) is 4.79 Å². The van der Waals surface area contributed by atoms with E-state index in [4.69, 9.17) is 0 Å². The number of nitrogens with zero attached hydrogens (tertiary/aromatic N) is 1. The van der Waals surface area contributed by atoms with E-state index in [9.17, 15) is 9.59 Å². The summed E-state index contributed by atoms with van der Waals surface area (Å²) in [5, 5.41) is 6.22. The van der Waals surface area contributed by atoms with Crippen LogP contribution < -0.4 is 10.6 Å². The van der Waals surface area contributed by atoms with E-state index in [1.54, 1.807) is 29.2 Å². The van der Waals surface area contributed by atoms with Crippen LogP contribution in [0.2, 0.25) is 0 Å². The van der Waals surface area contributed by atoms with Crippen LogP contribution in [0.5, 0.6) is 0 Å². The number of carbonyl (C=O) groups is 2. The Balaban J connectivity index is 0.00000288. The molecule has 0 spiro atoms. The number of halogens is 1. The molecule has 1 aromatic rings. The molecule has 5 nitrogen and oxygen atoms in total. The highest BCUT2D eigenvalue weighted by Gasteiger charge is 2.16. The van der Waals surface area contributed by atoms with Crippen molar-refractivity contribution in [3.8, 4) is 0 Å². The molecule has 0 saturated carbocycles. The first-order valence-electron chi connectivity index (χ1n) is 8.54. The molecular weight excluding hydrogens is 326 g/mol. The van der Waals surface area contributed by atoms with Gasteiger partial charge in [0.15, 0.2) is 0 Å². The number of nitrogens with one attached hydrogen (secondary N) is 2. The van der Waals surface area contributed by atoms with Gasteiger partial charge in [0.05, 0.1) is 0 Å². The highest BCUT2D eigenvalue weighted by molar-refractivity contribution is 5.95. The molecule has 1 atom stereocenters. The highest BCUT2D eigenvalue weighted by Crippen LogP contribution is 2.16. The molecule has 2 amide bonds. The van der Waals surface area contributed by atoms with E-state index in [0.29, 0.717) is 31.0 Å². The molecule has 134 valence electrons. The summed E-state index contributed by atoms with van der Waals surface area (Å²) >= 11 is 0. The van der Waals surface area contributed by atoms with Gasteiger partial charge in [0, 0.05) is 30.8 Å². The highest BCUT2D eigenvalue weighted by atomic mass is 35.5. The van der Waals surface area contributed by atoms with E-state index in [1.807, 2.05) is 13.8 Å². The summed E-state index contributed by atoms with van der Waals surface area (Å²) in [6, 6.07) is 7.14. The maximum atomic E-state index is 12.2. The molecule has 0 aromatic heterocycles. The molecule has 6 heteroatoms. The molecule has 1 fully saturated rings. The lowest BCUT2D eigenvalue weighted by molar-refractivity contribution is -0.116. The van der Waals surface area contributed by atoms with Crippen LogP contribution >= 0.6 is 12.4 Å². The third-order valence-corrected chi connectivity index (χ3v) is 4.41. The summed E-state index contributed by atoms with van der Waals surface area (Å²) in [4.78, 5) is 26.0. The number of hydrogen-bond acceptors (Lipinski definition) is 3. The summed E-state index contributed by atoms with van der Waals surface area (Å²) in [6.45, 7) is 7.42. The zero-order chi connectivity index (χ0) is 16.7. The van der Waals surface area contributed by atoms with Gasteiger partial charge in [0.25, 0.3) is 5.91 Å². The molecule has 1 aliphatic heterocycles. The smallest absolute Gasteiger partial charge is 0.253 e. The quantitative estimate of drug-likeness (QED) is 0.792. The summed E-state index contributed by atoms with van der Waals surface area (Å²) in [5.41, 5.74) is 1.40. The van der Waals surface area contributed by atoms with Crippen molar-refractivity contribution in [1.82, 2.24) is 10.2 Å². The predicted molar refractivity (Wildman–Crippen MR) is 99.8 cm³/mol. The first kappa shape index (κ1) is 20.5. The van der Waals surface area contributed by atoms with E-state index in [1.165, 1.54) is 0 Å². The second-order valence-corrected chi connectivity index (χ2v) is 6.00. The minimum atomic E-state index is 0. The van der Waals surface area contributed by atoms with Gasteiger partial charge in [0.1, 0.15) is 0 Å². The van der Waals surface area contributed by atoms with Crippen molar-refractivity contribution < 1.29 is 9.59 Å². The average molecular weight is 354 g/mol. The molecule has 0 radical (unpaired) electrons. The SMILES string of the molecule is CCN(CC)C(=O)c1ccc(NC(=O)CCC2CCNC2)cc1.Cl. The number of amides is 2. The van der Waals surface area contributed by atoms with Crippen molar-refractivity contribution in [3.05, 3.63) is 29.8 Å². The molecular formula is C18H28ClN3O2. The Labute approximate surface area is 150 Å². The first-order chi connectivity index (χ1) is 11.1. The van der Waals surface area contributed by atoms with Crippen LogP contribution in [0.1, 0.15) is 43.5 Å². The number of carbonyl (C=O) groups excluding carboxylic acids is 2. The molecule has 1 unspecified atom stereocenters. The maximum Gasteiger partial charge on any atom is 0.253 e. The molecule has 1 saturated heterocycles. The number of rotatable bonds is 7. The van der Waals surface area contributed by atoms with Crippen LogP contribution in [0, 0.1) is 5.92 Å². The molecule has 24 heavy (non-hydrogen) atoms. The number of anilines is 1. The van der Waals surface area contributed by atoms with E-state index >= 15 is 0 Å². The second-order valence-electron chi connectivity index (χ2n) is 6.00. The fraction of sp³-hybridized carbons (Fsp3) is 0.556. The van der Waals surface area contributed by atoms with Crippen molar-refractivity contribution >= 4 is 29.9 Å². The Morgan fingerprint density at radius 3 is 2.42 bits per heavy atom. The van der Waals surface area contributed by atoms with Gasteiger partial charge < -0.3 is 15.5 Å². The van der Waals surface area contributed by atoms with Gasteiger partial charge in [-0.2, -0.15) is 0 Å². The predicted octanol–water partition coefficient (Wildman–Crippen LogP) is 2.92. The second kappa shape index (κ2) is 10.3. The number of benzene rings is 1. The van der Waals surface area contributed by atoms with E-state index < -0.39 is 0 Å². The Morgan fingerprint density at radius 2 is 1.88 bits per heavy atom. The fourth-order valence-electron chi connectivity index (χ4n) is 2.91. The topological polar surface area (TPSA) is 61.4 Å². The minimum absolute atomic E-state index is 0. The lowest BCUT2D eigenvalue weighted by Gasteiger charge is -2.18. The third-order valence-electron chi connectivity index (χ3n) is 4.41. The van der Waals surface area contributed by atoms with Crippen LogP contribution in [0.25, 0.3) is 0 Å². The normalized spacial score (nSPS) is 16.3. The molecule has 2 N–H and O–H groups in total. The lowest BCUT2D eigenvalue weighted by Crippen LogP contribution is -2.30. The summed E-state index contributed by atoms with van der Waals surface area (Å²) in [5.74, 6) is 0.691. The molecule has 1 aliphatic rings. The van der Waals surface area contributed by atoms with Crippen LogP contribution in [0.15, 0.2) is 24.3 Å². The molecule has 1 aromatic carbocycles. The van der Waals surface area contributed by atoms with Gasteiger partial charge >= 0.3 is 0 Å². The van der Waals surface area contributed by atoms with Crippen molar-refractivity contribution in [1.29, 1.82) is 0 Å². The van der Waals surface area contributed by atoms with Crippen LogP contribution in [0.3, 0.4) is 0 Å². The van der Waals surface area contributed by atoms with Gasteiger partial charge in [0.2, 0.25) is 5.91 Å². The monoisotopic (exact) mass is 353 g/mol. The summed E-state index contributed by atoms with van der Waals surface area (Å²) in [7, 11) is 0. The zero-order valence-electron chi connectivity index (χ0n) is 14.5. The van der Waals surface area contributed by atoms with Gasteiger partial charge in [-0.15, -0.1) is 12.4 Å². The third kappa shape index (κ3) is 5.80. The van der Waals surface area contributed by atoms with Gasteiger partial charge in [-0.1, -0.05) is 0 Å². The summed E-state index contributed by atoms with van der Waals surface area (Å²) < 4.78 is 0. The van der Waals surface area contributed by atoms with Gasteiger partial charge in [-0.05, 0) is 70.0 Å². The Kier molecular flexibility index (Phi) is 8.79. The lowest BCUT2D eigenvalue weighted by atomic mass is 10.0. The summed E-state index contributed by atoms with van der Waals surface area (Å²) in [6.07, 6.45) is 2.64. The van der Waals surface area contributed by atoms with E-state index in [2.05, 4.69) is 10.6 Å². The molecule has 0 bridgehead atoms. The van der Waals surface area contributed by atoms with Crippen LogP contribution in [-0.4, -0.2) is 42.9 Å². The maximum absolute atomic E-state index is 12.2. The first-order valence-corrected chi connectivity index (χ1v) is 8.54. The minimum Gasteiger partial charge on any atom is -0.339 e. The fourth-order valence-corrected chi connectivity index (χ4v) is 2.91.